The predicted octanol–water partition coefficient (Wildman–Crippen LogP) is 2.95. The number of rotatable bonds is 4. The highest BCUT2D eigenvalue weighted by Crippen LogP contribution is 2.25. The van der Waals surface area contributed by atoms with E-state index < -0.39 is 24.5 Å². The maximum absolute atomic E-state index is 13.1. The standard InChI is InChI=1S/C10H12F4N2/c11-7-3-2-6-16-9(7)8(15)4-1-5-10(12,13)14/h2-3,6,8H,1,4-5,15H2. The van der Waals surface area contributed by atoms with Crippen LogP contribution in [0.15, 0.2) is 18.3 Å². The number of pyridine rings is 1. The summed E-state index contributed by atoms with van der Waals surface area (Å²) in [7, 11) is 0. The Balaban J connectivity index is 2.47. The van der Waals surface area contributed by atoms with Crippen LogP contribution in [0.1, 0.15) is 31.0 Å². The van der Waals surface area contributed by atoms with E-state index in [4.69, 9.17) is 5.73 Å². The van der Waals surface area contributed by atoms with Gasteiger partial charge in [0.1, 0.15) is 5.82 Å². The topological polar surface area (TPSA) is 38.9 Å². The van der Waals surface area contributed by atoms with Crippen LogP contribution in [0.2, 0.25) is 0 Å². The Morgan fingerprint density at radius 2 is 2.06 bits per heavy atom. The molecule has 90 valence electrons. The fourth-order valence-corrected chi connectivity index (χ4v) is 1.33. The van der Waals surface area contributed by atoms with Gasteiger partial charge in [-0.25, -0.2) is 4.39 Å². The van der Waals surface area contributed by atoms with E-state index in [1.165, 1.54) is 18.3 Å². The molecule has 6 heteroatoms. The summed E-state index contributed by atoms with van der Waals surface area (Å²) in [6.07, 6.45) is -3.80. The van der Waals surface area contributed by atoms with Gasteiger partial charge in [0.15, 0.2) is 0 Å². The summed E-state index contributed by atoms with van der Waals surface area (Å²) in [6.45, 7) is 0. The van der Waals surface area contributed by atoms with Gasteiger partial charge in [-0.1, -0.05) is 0 Å². The number of hydrogen-bond donors (Lipinski definition) is 1. The van der Waals surface area contributed by atoms with Gasteiger partial charge in [0.25, 0.3) is 0 Å². The first-order chi connectivity index (χ1) is 7.40. The van der Waals surface area contributed by atoms with Crippen LogP contribution in [0, 0.1) is 5.82 Å². The van der Waals surface area contributed by atoms with Crippen LogP contribution in [0.5, 0.6) is 0 Å². The molecule has 1 atom stereocenters. The van der Waals surface area contributed by atoms with Crippen LogP contribution in [-0.4, -0.2) is 11.2 Å². The van der Waals surface area contributed by atoms with Gasteiger partial charge in [-0.15, -0.1) is 0 Å². The Labute approximate surface area is 90.5 Å². The average Bonchev–Trinajstić information content (AvgIpc) is 2.16. The second-order valence-corrected chi connectivity index (χ2v) is 3.48. The first-order valence-electron chi connectivity index (χ1n) is 4.83. The van der Waals surface area contributed by atoms with E-state index in [1.807, 2.05) is 0 Å². The minimum absolute atomic E-state index is 0.0182. The van der Waals surface area contributed by atoms with Crippen molar-refractivity contribution in [2.45, 2.75) is 31.5 Å². The smallest absolute Gasteiger partial charge is 0.323 e. The zero-order valence-corrected chi connectivity index (χ0v) is 8.47. The molecule has 0 spiro atoms. The van der Waals surface area contributed by atoms with Crippen LogP contribution in [0.25, 0.3) is 0 Å². The highest BCUT2D eigenvalue weighted by Gasteiger charge is 2.26. The van der Waals surface area contributed by atoms with E-state index in [1.54, 1.807) is 0 Å². The summed E-state index contributed by atoms with van der Waals surface area (Å²) in [6, 6.07) is 1.80. The minimum atomic E-state index is -4.19. The molecule has 0 aliphatic rings. The molecule has 1 rings (SSSR count). The van der Waals surface area contributed by atoms with Crippen LogP contribution in [0.4, 0.5) is 17.6 Å². The lowest BCUT2D eigenvalue weighted by Crippen LogP contribution is -2.15. The molecule has 0 aromatic carbocycles. The van der Waals surface area contributed by atoms with Crippen LogP contribution in [0.3, 0.4) is 0 Å². The summed E-state index contributed by atoms with van der Waals surface area (Å²) in [4.78, 5) is 3.71. The normalized spacial score (nSPS) is 13.8. The summed E-state index contributed by atoms with van der Waals surface area (Å²) < 4.78 is 48.7. The lowest BCUT2D eigenvalue weighted by atomic mass is 10.1. The first-order valence-corrected chi connectivity index (χ1v) is 4.83. The Hall–Kier alpha value is -1.17. The second-order valence-electron chi connectivity index (χ2n) is 3.48. The lowest BCUT2D eigenvalue weighted by molar-refractivity contribution is -0.135. The van der Waals surface area contributed by atoms with Crippen molar-refractivity contribution < 1.29 is 17.6 Å². The van der Waals surface area contributed by atoms with Gasteiger partial charge in [-0.2, -0.15) is 13.2 Å². The van der Waals surface area contributed by atoms with Gasteiger partial charge >= 0.3 is 6.18 Å². The van der Waals surface area contributed by atoms with E-state index in [2.05, 4.69) is 4.98 Å². The molecule has 0 aliphatic carbocycles. The third-order valence-corrected chi connectivity index (χ3v) is 2.11. The lowest BCUT2D eigenvalue weighted by Gasteiger charge is -2.12. The third kappa shape index (κ3) is 4.14. The molecule has 2 nitrogen and oxygen atoms in total. The average molecular weight is 236 g/mol. The monoisotopic (exact) mass is 236 g/mol. The van der Waals surface area contributed by atoms with Gasteiger partial charge in [0.2, 0.25) is 0 Å². The van der Waals surface area contributed by atoms with E-state index in [-0.39, 0.29) is 18.5 Å². The van der Waals surface area contributed by atoms with Crippen molar-refractivity contribution in [3.63, 3.8) is 0 Å². The summed E-state index contributed by atoms with van der Waals surface area (Å²) >= 11 is 0. The summed E-state index contributed by atoms with van der Waals surface area (Å²) in [5, 5.41) is 0. The van der Waals surface area contributed by atoms with Crippen molar-refractivity contribution in [1.82, 2.24) is 4.98 Å². The Morgan fingerprint density at radius 3 is 2.62 bits per heavy atom. The number of hydrogen-bond acceptors (Lipinski definition) is 2. The van der Waals surface area contributed by atoms with Gasteiger partial charge in [0.05, 0.1) is 5.69 Å². The molecule has 1 aromatic rings. The highest BCUT2D eigenvalue weighted by atomic mass is 19.4. The van der Waals surface area contributed by atoms with Gasteiger partial charge < -0.3 is 5.73 Å². The second kappa shape index (κ2) is 5.25. The maximum Gasteiger partial charge on any atom is 0.389 e. The van der Waals surface area contributed by atoms with Crippen LogP contribution in [-0.2, 0) is 0 Å². The molecule has 2 N–H and O–H groups in total. The fraction of sp³-hybridized carbons (Fsp3) is 0.500. The number of nitrogens with zero attached hydrogens (tertiary/aromatic N) is 1. The molecule has 0 saturated heterocycles. The molecular weight excluding hydrogens is 224 g/mol. The molecule has 16 heavy (non-hydrogen) atoms. The molecule has 1 aromatic heterocycles. The van der Waals surface area contributed by atoms with E-state index in [9.17, 15) is 17.6 Å². The molecule has 0 aliphatic heterocycles. The summed E-state index contributed by atoms with van der Waals surface area (Å²) in [5.41, 5.74) is 5.57. The van der Waals surface area contributed by atoms with Crippen LogP contribution < -0.4 is 5.73 Å². The molecule has 0 fully saturated rings. The maximum atomic E-state index is 13.1. The van der Waals surface area contributed by atoms with Crippen molar-refractivity contribution in [1.29, 1.82) is 0 Å². The molecule has 1 heterocycles. The number of alkyl halides is 3. The molecule has 1 unspecified atom stereocenters. The van der Waals surface area contributed by atoms with Crippen molar-refractivity contribution in [2.24, 2.45) is 5.73 Å². The van der Waals surface area contributed by atoms with E-state index >= 15 is 0 Å². The minimum Gasteiger partial charge on any atom is -0.323 e. The van der Waals surface area contributed by atoms with E-state index in [0.29, 0.717) is 0 Å². The van der Waals surface area contributed by atoms with E-state index in [0.717, 1.165) is 0 Å². The molecule has 0 saturated carbocycles. The van der Waals surface area contributed by atoms with Crippen molar-refractivity contribution in [2.75, 3.05) is 0 Å². The zero-order valence-electron chi connectivity index (χ0n) is 8.47. The SMILES string of the molecule is NC(CCCC(F)(F)F)c1ncccc1F. The number of halogens is 4. The van der Waals surface area contributed by atoms with Gasteiger partial charge in [0, 0.05) is 18.7 Å². The molecule has 0 bridgehead atoms. The Bertz CT molecular complexity index is 338. The molecular formula is C10H12F4N2. The highest BCUT2D eigenvalue weighted by molar-refractivity contribution is 5.10. The summed E-state index contributed by atoms with van der Waals surface area (Å²) in [5.74, 6) is -0.581. The van der Waals surface area contributed by atoms with Crippen molar-refractivity contribution in [3.05, 3.63) is 29.8 Å². The quantitative estimate of drug-likeness (QED) is 0.816. The Kier molecular flexibility index (Phi) is 4.23. The molecule has 0 radical (unpaired) electrons. The molecule has 0 amide bonds. The predicted molar refractivity (Wildman–Crippen MR) is 51.0 cm³/mol. The number of aromatic nitrogens is 1. The van der Waals surface area contributed by atoms with Crippen molar-refractivity contribution >= 4 is 0 Å². The van der Waals surface area contributed by atoms with Crippen molar-refractivity contribution in [3.8, 4) is 0 Å². The third-order valence-electron chi connectivity index (χ3n) is 2.11. The van der Waals surface area contributed by atoms with Gasteiger partial charge in [-0.05, 0) is 25.0 Å². The fourth-order valence-electron chi connectivity index (χ4n) is 1.33. The van der Waals surface area contributed by atoms with Crippen LogP contribution >= 0.6 is 0 Å². The zero-order chi connectivity index (χ0) is 12.2. The largest absolute Gasteiger partial charge is 0.389 e. The van der Waals surface area contributed by atoms with Gasteiger partial charge in [-0.3, -0.25) is 4.98 Å². The number of nitrogens with two attached hydrogens (primary N) is 1. The first kappa shape index (κ1) is 12.9. The Morgan fingerprint density at radius 1 is 1.38 bits per heavy atom.